The van der Waals surface area contributed by atoms with Crippen LogP contribution in [0.15, 0.2) is 88.1 Å². The van der Waals surface area contributed by atoms with Crippen LogP contribution in [0.5, 0.6) is 5.75 Å². The fraction of sp³-hybridized carbons (Fsp3) is 0.154. The summed E-state index contributed by atoms with van der Waals surface area (Å²) in [7, 11) is 1.68. The average Bonchev–Trinajstić information content (AvgIpc) is 2.82. The highest BCUT2D eigenvalue weighted by Crippen LogP contribution is 2.29. The van der Waals surface area contributed by atoms with Crippen molar-refractivity contribution in [3.05, 3.63) is 94.8 Å². The summed E-state index contributed by atoms with van der Waals surface area (Å²) in [4.78, 5) is 26.2. The SMILES string of the molecule is CN(C(=O)COc1ccc2c(-c3ccccc3)cc(=O)oc2c1)c1ccc(CCO)cc1. The van der Waals surface area contributed by atoms with Crippen molar-refractivity contribution in [3.63, 3.8) is 0 Å². The Kier molecular flexibility index (Phi) is 6.33. The fourth-order valence-corrected chi connectivity index (χ4v) is 3.49. The molecule has 3 aromatic carbocycles. The van der Waals surface area contributed by atoms with Gasteiger partial charge in [0.2, 0.25) is 0 Å². The number of benzene rings is 3. The van der Waals surface area contributed by atoms with E-state index in [4.69, 9.17) is 14.3 Å². The first-order valence-electron chi connectivity index (χ1n) is 10.3. The molecule has 32 heavy (non-hydrogen) atoms. The lowest BCUT2D eigenvalue weighted by Gasteiger charge is -2.18. The molecule has 1 heterocycles. The number of carbonyl (C=O) groups excluding carboxylic acids is 1. The lowest BCUT2D eigenvalue weighted by atomic mass is 10.0. The molecule has 1 amide bonds. The molecule has 0 fully saturated rings. The predicted octanol–water partition coefficient (Wildman–Crippen LogP) is 4.04. The molecular formula is C26H23NO5. The van der Waals surface area contributed by atoms with Gasteiger partial charge < -0.3 is 19.2 Å². The number of hydrogen-bond donors (Lipinski definition) is 1. The third-order valence-corrected chi connectivity index (χ3v) is 5.26. The predicted molar refractivity (Wildman–Crippen MR) is 124 cm³/mol. The van der Waals surface area contributed by atoms with E-state index in [0.29, 0.717) is 17.8 Å². The molecule has 4 rings (SSSR count). The van der Waals surface area contributed by atoms with Crippen molar-refractivity contribution < 1.29 is 19.1 Å². The van der Waals surface area contributed by atoms with Crippen LogP contribution in [-0.2, 0) is 11.2 Å². The van der Waals surface area contributed by atoms with Gasteiger partial charge in [0.15, 0.2) is 6.61 Å². The summed E-state index contributed by atoms with van der Waals surface area (Å²) in [6.45, 7) is -0.0797. The molecule has 4 aromatic rings. The molecule has 0 aliphatic carbocycles. The monoisotopic (exact) mass is 429 g/mol. The Balaban J connectivity index is 1.50. The first kappa shape index (κ1) is 21.3. The van der Waals surface area contributed by atoms with Crippen LogP contribution in [0.3, 0.4) is 0 Å². The first-order valence-corrected chi connectivity index (χ1v) is 10.3. The highest BCUT2D eigenvalue weighted by molar-refractivity contribution is 5.95. The van der Waals surface area contributed by atoms with Crippen LogP contribution in [0.25, 0.3) is 22.1 Å². The zero-order chi connectivity index (χ0) is 22.5. The zero-order valence-corrected chi connectivity index (χ0v) is 17.7. The maximum Gasteiger partial charge on any atom is 0.336 e. The number of aliphatic hydroxyl groups is 1. The largest absolute Gasteiger partial charge is 0.484 e. The van der Waals surface area contributed by atoms with Gasteiger partial charge >= 0.3 is 5.63 Å². The fourth-order valence-electron chi connectivity index (χ4n) is 3.49. The Bertz CT molecular complexity index is 1280. The zero-order valence-electron chi connectivity index (χ0n) is 17.7. The van der Waals surface area contributed by atoms with Crippen LogP contribution in [0.1, 0.15) is 5.56 Å². The number of amides is 1. The molecule has 6 nitrogen and oxygen atoms in total. The van der Waals surface area contributed by atoms with Crippen LogP contribution in [0.4, 0.5) is 5.69 Å². The normalized spacial score (nSPS) is 10.8. The van der Waals surface area contributed by atoms with E-state index in [1.54, 1.807) is 19.2 Å². The molecule has 0 aliphatic heterocycles. The molecule has 6 heteroatoms. The van der Waals surface area contributed by atoms with Gasteiger partial charge in [0.05, 0.1) is 0 Å². The molecule has 0 unspecified atom stereocenters. The van der Waals surface area contributed by atoms with Gasteiger partial charge in [-0.1, -0.05) is 42.5 Å². The summed E-state index contributed by atoms with van der Waals surface area (Å²) in [5, 5.41) is 9.80. The number of fused-ring (bicyclic) bond motifs is 1. The number of hydrogen-bond acceptors (Lipinski definition) is 5. The Labute approximate surface area is 185 Å². The second-order valence-corrected chi connectivity index (χ2v) is 7.38. The Hall–Kier alpha value is -3.90. The van der Waals surface area contributed by atoms with Gasteiger partial charge in [-0.05, 0) is 47.4 Å². The summed E-state index contributed by atoms with van der Waals surface area (Å²) < 4.78 is 11.1. The lowest BCUT2D eigenvalue weighted by molar-refractivity contribution is -0.120. The third kappa shape index (κ3) is 4.71. The van der Waals surface area contributed by atoms with E-state index in [-0.39, 0.29) is 19.1 Å². The molecule has 0 saturated heterocycles. The van der Waals surface area contributed by atoms with Crippen molar-refractivity contribution >= 4 is 22.6 Å². The first-order chi connectivity index (χ1) is 15.5. The van der Waals surface area contributed by atoms with E-state index < -0.39 is 5.63 Å². The number of anilines is 1. The minimum atomic E-state index is -0.450. The number of nitrogens with zero attached hydrogens (tertiary/aromatic N) is 1. The second-order valence-electron chi connectivity index (χ2n) is 7.38. The minimum absolute atomic E-state index is 0.0840. The molecule has 1 N–H and O–H groups in total. The molecule has 0 spiro atoms. The van der Waals surface area contributed by atoms with Gasteiger partial charge in [-0.25, -0.2) is 4.79 Å². The average molecular weight is 429 g/mol. The van der Waals surface area contributed by atoms with Crippen LogP contribution in [0, 0.1) is 0 Å². The van der Waals surface area contributed by atoms with Gasteiger partial charge in [0.25, 0.3) is 5.91 Å². The number of aliphatic hydroxyl groups excluding tert-OH is 1. The number of likely N-dealkylation sites (N-methyl/N-ethyl adjacent to an activating group) is 1. The standard InChI is InChI=1S/C26H23NO5/c1-27(20-9-7-18(8-10-20)13-14-28)25(29)17-31-21-11-12-22-23(19-5-3-2-4-6-19)16-26(30)32-24(22)15-21/h2-12,15-16,28H,13-14,17H2,1H3. The molecule has 0 radical (unpaired) electrons. The highest BCUT2D eigenvalue weighted by Gasteiger charge is 2.13. The Morgan fingerprint density at radius 1 is 1.00 bits per heavy atom. The molecule has 162 valence electrons. The van der Waals surface area contributed by atoms with Gasteiger partial charge in [-0.2, -0.15) is 0 Å². The van der Waals surface area contributed by atoms with Gasteiger partial charge in [-0.3, -0.25) is 4.79 Å². The number of rotatable bonds is 7. The smallest absolute Gasteiger partial charge is 0.336 e. The van der Waals surface area contributed by atoms with Crippen molar-refractivity contribution in [2.24, 2.45) is 0 Å². The van der Waals surface area contributed by atoms with Crippen LogP contribution >= 0.6 is 0 Å². The summed E-state index contributed by atoms with van der Waals surface area (Å²) in [5.74, 6) is 0.213. The topological polar surface area (TPSA) is 80.0 Å². The molecular weight excluding hydrogens is 406 g/mol. The minimum Gasteiger partial charge on any atom is -0.484 e. The molecule has 0 saturated carbocycles. The molecule has 0 aliphatic rings. The van der Waals surface area contributed by atoms with Crippen LogP contribution in [-0.4, -0.2) is 31.3 Å². The summed E-state index contributed by atoms with van der Waals surface area (Å²) >= 11 is 0. The molecule has 0 bridgehead atoms. The maximum atomic E-state index is 12.6. The van der Waals surface area contributed by atoms with Crippen molar-refractivity contribution in [2.75, 3.05) is 25.2 Å². The molecule has 0 atom stereocenters. The Morgan fingerprint density at radius 3 is 2.47 bits per heavy atom. The van der Waals surface area contributed by atoms with E-state index in [9.17, 15) is 9.59 Å². The number of ether oxygens (including phenoxy) is 1. The molecule has 1 aromatic heterocycles. The quantitative estimate of drug-likeness (QED) is 0.449. The van der Waals surface area contributed by atoms with Gasteiger partial charge in [-0.15, -0.1) is 0 Å². The van der Waals surface area contributed by atoms with Gasteiger partial charge in [0.1, 0.15) is 11.3 Å². The third-order valence-electron chi connectivity index (χ3n) is 5.26. The lowest BCUT2D eigenvalue weighted by Crippen LogP contribution is -2.31. The van der Waals surface area contributed by atoms with E-state index in [2.05, 4.69) is 0 Å². The van der Waals surface area contributed by atoms with Gasteiger partial charge in [0, 0.05) is 36.9 Å². The van der Waals surface area contributed by atoms with Crippen LogP contribution in [0.2, 0.25) is 0 Å². The van der Waals surface area contributed by atoms with Crippen molar-refractivity contribution in [2.45, 2.75) is 6.42 Å². The highest BCUT2D eigenvalue weighted by atomic mass is 16.5. The van der Waals surface area contributed by atoms with Crippen molar-refractivity contribution in [3.8, 4) is 16.9 Å². The second kappa shape index (κ2) is 9.49. The van der Waals surface area contributed by atoms with E-state index in [1.807, 2.05) is 60.7 Å². The van der Waals surface area contributed by atoms with Crippen molar-refractivity contribution in [1.82, 2.24) is 0 Å². The number of carbonyl (C=O) groups is 1. The summed E-state index contributed by atoms with van der Waals surface area (Å²) in [6.07, 6.45) is 0.575. The van der Waals surface area contributed by atoms with E-state index >= 15 is 0 Å². The van der Waals surface area contributed by atoms with Crippen LogP contribution < -0.4 is 15.3 Å². The summed E-state index contributed by atoms with van der Waals surface area (Å²) in [5.41, 5.74) is 3.38. The van der Waals surface area contributed by atoms with Crippen molar-refractivity contribution in [1.29, 1.82) is 0 Å². The maximum absolute atomic E-state index is 12.6. The Morgan fingerprint density at radius 2 is 1.75 bits per heavy atom. The summed E-state index contributed by atoms with van der Waals surface area (Å²) in [6, 6.07) is 23.7. The van der Waals surface area contributed by atoms with E-state index in [1.165, 1.54) is 11.0 Å². The van der Waals surface area contributed by atoms with E-state index in [0.717, 1.165) is 27.8 Å².